The fraction of sp³-hybridized carbons (Fsp3) is 0.462. The number of hydrogen-bond acceptors (Lipinski definition) is 2. The molecule has 0 saturated heterocycles. The molecule has 0 saturated carbocycles. The molecule has 0 aliphatic rings. The van der Waals surface area contributed by atoms with Gasteiger partial charge in [-0.2, -0.15) is 11.8 Å². The van der Waals surface area contributed by atoms with Crippen LogP contribution in [0.4, 0.5) is 0 Å². The molecule has 1 aromatic rings. The van der Waals surface area contributed by atoms with Gasteiger partial charge in [-0.3, -0.25) is 4.79 Å². The van der Waals surface area contributed by atoms with Crippen LogP contribution in [0.25, 0.3) is 0 Å². The molecule has 0 fully saturated rings. The molecule has 1 atom stereocenters. The normalized spacial score (nSPS) is 12.2. The lowest BCUT2D eigenvalue weighted by atomic mass is 10.1. The number of benzene rings is 1. The Morgan fingerprint density at radius 1 is 1.53 bits per heavy atom. The highest BCUT2D eigenvalue weighted by Crippen LogP contribution is 2.16. The Morgan fingerprint density at radius 2 is 2.24 bits per heavy atom. The fourth-order valence-corrected chi connectivity index (χ4v) is 2.74. The second-order valence-electron chi connectivity index (χ2n) is 3.97. The van der Waals surface area contributed by atoms with Gasteiger partial charge in [-0.25, -0.2) is 0 Å². The smallest absolute Gasteiger partial charge is 0.252 e. The molecule has 1 amide bonds. The van der Waals surface area contributed by atoms with Gasteiger partial charge >= 0.3 is 0 Å². The first-order valence-electron chi connectivity index (χ1n) is 5.70. The van der Waals surface area contributed by atoms with Gasteiger partial charge in [0.25, 0.3) is 5.91 Å². The summed E-state index contributed by atoms with van der Waals surface area (Å²) in [6, 6.07) is 6.04. The zero-order chi connectivity index (χ0) is 12.8. The predicted molar refractivity (Wildman–Crippen MR) is 83.8 cm³/mol. The Hall–Kier alpha value is -0.230. The molecular weight excluding hydrogens is 345 g/mol. The predicted octanol–water partition coefficient (Wildman–Crippen LogP) is 3.47. The van der Waals surface area contributed by atoms with Crippen LogP contribution in [0, 0.1) is 10.5 Å². The van der Waals surface area contributed by atoms with E-state index in [2.05, 4.69) is 34.8 Å². The number of thioether (sulfide) groups is 1. The van der Waals surface area contributed by atoms with Crippen LogP contribution >= 0.6 is 34.4 Å². The van der Waals surface area contributed by atoms with Gasteiger partial charge in [-0.05, 0) is 53.8 Å². The fourth-order valence-electron chi connectivity index (χ4n) is 1.46. The lowest BCUT2D eigenvalue weighted by Gasteiger charge is -2.14. The van der Waals surface area contributed by atoms with Crippen molar-refractivity contribution in [1.82, 2.24) is 5.32 Å². The second-order valence-corrected chi connectivity index (χ2v) is 6.37. The summed E-state index contributed by atoms with van der Waals surface area (Å²) < 4.78 is 1.04. The Labute approximate surface area is 121 Å². The third-order valence-electron chi connectivity index (χ3n) is 2.39. The Kier molecular flexibility index (Phi) is 6.33. The van der Waals surface area contributed by atoms with Gasteiger partial charge < -0.3 is 5.32 Å². The quantitative estimate of drug-likeness (QED) is 0.812. The van der Waals surface area contributed by atoms with E-state index >= 15 is 0 Å². The number of halogens is 1. The molecule has 94 valence electrons. The van der Waals surface area contributed by atoms with Crippen LogP contribution in [0.2, 0.25) is 0 Å². The van der Waals surface area contributed by atoms with Crippen molar-refractivity contribution in [3.8, 4) is 0 Å². The summed E-state index contributed by atoms with van der Waals surface area (Å²) in [5.41, 5.74) is 1.92. The average Bonchev–Trinajstić information content (AvgIpc) is 2.29. The minimum absolute atomic E-state index is 0.0299. The first-order valence-corrected chi connectivity index (χ1v) is 7.93. The van der Waals surface area contributed by atoms with E-state index in [9.17, 15) is 4.79 Å². The molecule has 1 N–H and O–H groups in total. The SMILES string of the molecule is CCSCC(C)NC(=O)c1cccc(C)c1I. The van der Waals surface area contributed by atoms with E-state index in [0.717, 1.165) is 26.2 Å². The van der Waals surface area contributed by atoms with E-state index in [1.165, 1.54) is 0 Å². The van der Waals surface area contributed by atoms with Gasteiger partial charge in [-0.1, -0.05) is 19.1 Å². The Balaban J connectivity index is 2.67. The first-order chi connectivity index (χ1) is 8.06. The summed E-state index contributed by atoms with van der Waals surface area (Å²) in [6.07, 6.45) is 0. The van der Waals surface area contributed by atoms with Crippen LogP contribution in [0.15, 0.2) is 18.2 Å². The molecule has 1 unspecified atom stereocenters. The topological polar surface area (TPSA) is 29.1 Å². The van der Waals surface area contributed by atoms with Crippen molar-refractivity contribution in [1.29, 1.82) is 0 Å². The van der Waals surface area contributed by atoms with Crippen LogP contribution in [-0.2, 0) is 0 Å². The zero-order valence-corrected chi connectivity index (χ0v) is 13.4. The number of amides is 1. The van der Waals surface area contributed by atoms with E-state index < -0.39 is 0 Å². The molecule has 0 aliphatic carbocycles. The molecule has 0 radical (unpaired) electrons. The van der Waals surface area contributed by atoms with Crippen LogP contribution in [0.1, 0.15) is 29.8 Å². The third-order valence-corrected chi connectivity index (χ3v) is 4.96. The van der Waals surface area contributed by atoms with Crippen LogP contribution in [-0.4, -0.2) is 23.5 Å². The van der Waals surface area contributed by atoms with Gasteiger partial charge in [-0.15, -0.1) is 0 Å². The Bertz CT molecular complexity index is 395. The maximum Gasteiger partial charge on any atom is 0.252 e. The lowest BCUT2D eigenvalue weighted by Crippen LogP contribution is -2.34. The van der Waals surface area contributed by atoms with Crippen LogP contribution in [0.3, 0.4) is 0 Å². The molecule has 1 rings (SSSR count). The molecule has 17 heavy (non-hydrogen) atoms. The second kappa shape index (κ2) is 7.26. The molecular formula is C13H18INOS. The van der Waals surface area contributed by atoms with Crippen molar-refractivity contribution >= 4 is 40.3 Å². The van der Waals surface area contributed by atoms with Gasteiger partial charge in [0.2, 0.25) is 0 Å². The van der Waals surface area contributed by atoms with Crippen LogP contribution in [0.5, 0.6) is 0 Å². The van der Waals surface area contributed by atoms with Crippen molar-refractivity contribution in [3.05, 3.63) is 32.9 Å². The van der Waals surface area contributed by atoms with E-state index in [1.807, 2.05) is 43.8 Å². The summed E-state index contributed by atoms with van der Waals surface area (Å²) in [4.78, 5) is 12.1. The van der Waals surface area contributed by atoms with Crippen molar-refractivity contribution < 1.29 is 4.79 Å². The van der Waals surface area contributed by atoms with Gasteiger partial charge in [0.15, 0.2) is 0 Å². The number of hydrogen-bond donors (Lipinski definition) is 1. The minimum Gasteiger partial charge on any atom is -0.349 e. The molecule has 2 nitrogen and oxygen atoms in total. The summed E-state index contributed by atoms with van der Waals surface area (Å²) in [5.74, 6) is 2.08. The van der Waals surface area contributed by atoms with E-state index in [4.69, 9.17) is 0 Å². The van der Waals surface area contributed by atoms with Crippen molar-refractivity contribution in [2.24, 2.45) is 0 Å². The number of aryl methyl sites for hydroxylation is 1. The molecule has 0 spiro atoms. The monoisotopic (exact) mass is 363 g/mol. The molecule has 0 aliphatic heterocycles. The summed E-state index contributed by atoms with van der Waals surface area (Å²) in [6.45, 7) is 6.20. The largest absolute Gasteiger partial charge is 0.349 e. The number of carbonyl (C=O) groups is 1. The maximum absolute atomic E-state index is 12.1. The summed E-state index contributed by atoms with van der Waals surface area (Å²) in [5, 5.41) is 3.03. The van der Waals surface area contributed by atoms with Crippen molar-refractivity contribution in [2.45, 2.75) is 26.8 Å². The number of carbonyl (C=O) groups excluding carboxylic acids is 1. The Morgan fingerprint density at radius 3 is 2.88 bits per heavy atom. The van der Waals surface area contributed by atoms with Crippen LogP contribution < -0.4 is 5.32 Å². The lowest BCUT2D eigenvalue weighted by molar-refractivity contribution is 0.0943. The van der Waals surface area contributed by atoms with Crippen molar-refractivity contribution in [3.63, 3.8) is 0 Å². The molecule has 0 bridgehead atoms. The molecule has 1 aromatic carbocycles. The number of nitrogens with one attached hydrogen (secondary N) is 1. The standard InChI is InChI=1S/C13H18INOS/c1-4-17-8-10(3)15-13(16)11-7-5-6-9(2)12(11)14/h5-7,10H,4,8H2,1-3H3,(H,15,16). The average molecular weight is 363 g/mol. The van der Waals surface area contributed by atoms with E-state index in [1.54, 1.807) is 0 Å². The highest BCUT2D eigenvalue weighted by atomic mass is 127. The van der Waals surface area contributed by atoms with Crippen molar-refractivity contribution in [2.75, 3.05) is 11.5 Å². The first kappa shape index (κ1) is 14.8. The van der Waals surface area contributed by atoms with Gasteiger partial charge in [0, 0.05) is 15.4 Å². The minimum atomic E-state index is 0.0299. The molecule has 4 heteroatoms. The highest BCUT2D eigenvalue weighted by Gasteiger charge is 2.13. The maximum atomic E-state index is 12.1. The zero-order valence-electron chi connectivity index (χ0n) is 10.4. The third kappa shape index (κ3) is 4.50. The number of rotatable bonds is 5. The van der Waals surface area contributed by atoms with Gasteiger partial charge in [0.05, 0.1) is 5.56 Å². The molecule has 0 aromatic heterocycles. The van der Waals surface area contributed by atoms with E-state index in [0.29, 0.717) is 0 Å². The highest BCUT2D eigenvalue weighted by molar-refractivity contribution is 14.1. The summed E-state index contributed by atoms with van der Waals surface area (Å²) >= 11 is 4.07. The molecule has 0 heterocycles. The van der Waals surface area contributed by atoms with Gasteiger partial charge in [0.1, 0.15) is 0 Å². The van der Waals surface area contributed by atoms with E-state index in [-0.39, 0.29) is 11.9 Å². The summed E-state index contributed by atoms with van der Waals surface area (Å²) in [7, 11) is 0.